The molecule has 0 fully saturated rings. The van der Waals surface area contributed by atoms with Crippen molar-refractivity contribution in [3.05, 3.63) is 28.0 Å². The Bertz CT molecular complexity index is 420. The fourth-order valence-corrected chi connectivity index (χ4v) is 2.36. The Hall–Kier alpha value is -0.300. The van der Waals surface area contributed by atoms with Crippen LogP contribution in [0.5, 0.6) is 5.75 Å². The highest BCUT2D eigenvalue weighted by Gasteiger charge is 2.29. The number of ether oxygens (including phenoxy) is 1. The topological polar surface area (TPSA) is 9.23 Å². The molecule has 1 unspecified atom stereocenters. The van der Waals surface area contributed by atoms with E-state index in [4.69, 9.17) is 4.74 Å². The van der Waals surface area contributed by atoms with Gasteiger partial charge >= 0.3 is 6.18 Å². The lowest BCUT2D eigenvalue weighted by Crippen LogP contribution is -2.08. The molecule has 1 atom stereocenters. The first-order chi connectivity index (χ1) is 8.24. The highest BCUT2D eigenvalue weighted by Crippen LogP contribution is 2.39. The quantitative estimate of drug-likeness (QED) is 0.493. The Morgan fingerprint density at radius 3 is 2.44 bits per heavy atom. The minimum atomic E-state index is -4.21. The molecule has 7 heteroatoms. The number of rotatable bonds is 4. The second-order valence-corrected chi connectivity index (χ2v) is 5.59. The first-order valence-electron chi connectivity index (χ1n) is 4.98. The average Bonchev–Trinajstić information content (AvgIpc) is 2.28. The van der Waals surface area contributed by atoms with Gasteiger partial charge in [-0.1, -0.05) is 15.9 Å². The summed E-state index contributed by atoms with van der Waals surface area (Å²) in [5.74, 6) is -0.300. The molecule has 0 N–H and O–H groups in total. The molecule has 0 saturated heterocycles. The number of alkyl halides is 4. The molecule has 1 aromatic rings. The van der Waals surface area contributed by atoms with Crippen LogP contribution in [0.25, 0.3) is 0 Å². The van der Waals surface area contributed by atoms with Gasteiger partial charge in [0.1, 0.15) is 11.6 Å². The molecule has 0 radical (unpaired) electrons. The molecule has 0 aromatic heterocycles. The Morgan fingerprint density at radius 2 is 1.94 bits per heavy atom. The average molecular weight is 394 g/mol. The fourth-order valence-electron chi connectivity index (χ4n) is 1.41. The summed E-state index contributed by atoms with van der Waals surface area (Å²) in [5, 5.41) is 0. The van der Waals surface area contributed by atoms with Crippen molar-refractivity contribution in [2.24, 2.45) is 0 Å². The molecule has 0 amide bonds. The van der Waals surface area contributed by atoms with Crippen molar-refractivity contribution in [3.8, 4) is 5.75 Å². The SMILES string of the molecule is COc1cc(F)c(Br)cc1C(Br)CCC(F)(F)F. The largest absolute Gasteiger partial charge is 0.496 e. The third-order valence-corrected chi connectivity index (χ3v) is 3.85. The summed E-state index contributed by atoms with van der Waals surface area (Å²) in [4.78, 5) is -0.550. The number of hydrogen-bond donors (Lipinski definition) is 0. The Morgan fingerprint density at radius 1 is 1.33 bits per heavy atom. The number of methoxy groups -OCH3 is 1. The van der Waals surface area contributed by atoms with Crippen LogP contribution in [-0.2, 0) is 0 Å². The van der Waals surface area contributed by atoms with Gasteiger partial charge in [-0.2, -0.15) is 13.2 Å². The first-order valence-corrected chi connectivity index (χ1v) is 6.69. The number of halogens is 6. The zero-order valence-electron chi connectivity index (χ0n) is 9.32. The number of benzene rings is 1. The van der Waals surface area contributed by atoms with Gasteiger partial charge in [0.05, 0.1) is 11.6 Å². The molecule has 1 aromatic carbocycles. The summed E-state index contributed by atoms with van der Waals surface area (Å²) in [7, 11) is 1.34. The van der Waals surface area contributed by atoms with Crippen LogP contribution < -0.4 is 4.74 Å². The molecule has 0 aliphatic carbocycles. The molecular formula is C11H10Br2F4O. The van der Waals surface area contributed by atoms with E-state index in [0.717, 1.165) is 6.07 Å². The van der Waals surface area contributed by atoms with E-state index in [1.54, 1.807) is 0 Å². The van der Waals surface area contributed by atoms with Crippen LogP contribution in [0.15, 0.2) is 16.6 Å². The van der Waals surface area contributed by atoms with E-state index in [1.165, 1.54) is 13.2 Å². The van der Waals surface area contributed by atoms with Gasteiger partial charge in [0.15, 0.2) is 0 Å². The van der Waals surface area contributed by atoms with Gasteiger partial charge in [-0.15, -0.1) is 0 Å². The minimum Gasteiger partial charge on any atom is -0.496 e. The van der Waals surface area contributed by atoms with Crippen LogP contribution >= 0.6 is 31.9 Å². The van der Waals surface area contributed by atoms with E-state index in [2.05, 4.69) is 31.9 Å². The van der Waals surface area contributed by atoms with Crippen molar-refractivity contribution in [2.45, 2.75) is 23.8 Å². The lowest BCUT2D eigenvalue weighted by Gasteiger charge is -2.16. The monoisotopic (exact) mass is 392 g/mol. The predicted molar refractivity (Wildman–Crippen MR) is 67.6 cm³/mol. The second-order valence-electron chi connectivity index (χ2n) is 3.63. The van der Waals surface area contributed by atoms with Gasteiger partial charge in [-0.05, 0) is 28.4 Å². The highest BCUT2D eigenvalue weighted by atomic mass is 79.9. The third-order valence-electron chi connectivity index (χ3n) is 2.29. The smallest absolute Gasteiger partial charge is 0.389 e. The summed E-state index contributed by atoms with van der Waals surface area (Å²) in [6.07, 6.45) is -5.27. The lowest BCUT2D eigenvalue weighted by atomic mass is 10.1. The van der Waals surface area contributed by atoms with Crippen molar-refractivity contribution in [3.63, 3.8) is 0 Å². The molecule has 0 spiro atoms. The summed E-state index contributed by atoms with van der Waals surface area (Å²) in [6.45, 7) is 0. The molecular weight excluding hydrogens is 384 g/mol. The summed E-state index contributed by atoms with van der Waals surface area (Å²) >= 11 is 6.16. The Kier molecular flexibility index (Phi) is 5.46. The van der Waals surface area contributed by atoms with Crippen LogP contribution in [-0.4, -0.2) is 13.3 Å². The van der Waals surface area contributed by atoms with Gasteiger partial charge in [0.25, 0.3) is 0 Å². The lowest BCUT2D eigenvalue weighted by molar-refractivity contribution is -0.135. The van der Waals surface area contributed by atoms with E-state index >= 15 is 0 Å². The Balaban J connectivity index is 2.91. The molecule has 0 heterocycles. The maximum absolute atomic E-state index is 13.3. The molecule has 1 rings (SSSR count). The van der Waals surface area contributed by atoms with Crippen molar-refractivity contribution < 1.29 is 22.3 Å². The van der Waals surface area contributed by atoms with Crippen LogP contribution in [0.4, 0.5) is 17.6 Å². The van der Waals surface area contributed by atoms with Crippen LogP contribution in [0.3, 0.4) is 0 Å². The molecule has 18 heavy (non-hydrogen) atoms. The maximum atomic E-state index is 13.3. The second kappa shape index (κ2) is 6.23. The van der Waals surface area contributed by atoms with Crippen molar-refractivity contribution >= 4 is 31.9 Å². The normalized spacial score (nSPS) is 13.5. The molecule has 0 saturated carbocycles. The zero-order chi connectivity index (χ0) is 13.9. The van der Waals surface area contributed by atoms with E-state index in [-0.39, 0.29) is 16.6 Å². The van der Waals surface area contributed by atoms with Crippen molar-refractivity contribution in [1.82, 2.24) is 0 Å². The van der Waals surface area contributed by atoms with Crippen LogP contribution in [0.2, 0.25) is 0 Å². The maximum Gasteiger partial charge on any atom is 0.389 e. The van der Waals surface area contributed by atoms with Crippen LogP contribution in [0, 0.1) is 5.82 Å². The predicted octanol–water partition coefficient (Wildman–Crippen LogP) is 5.38. The van der Waals surface area contributed by atoms with E-state index < -0.39 is 23.2 Å². The minimum absolute atomic E-state index is 0.141. The summed E-state index contributed by atoms with van der Waals surface area (Å²) < 4.78 is 54.8. The highest BCUT2D eigenvalue weighted by molar-refractivity contribution is 9.10. The van der Waals surface area contributed by atoms with Crippen LogP contribution in [0.1, 0.15) is 23.2 Å². The van der Waals surface area contributed by atoms with Gasteiger partial charge < -0.3 is 4.74 Å². The van der Waals surface area contributed by atoms with E-state index in [0.29, 0.717) is 5.56 Å². The molecule has 0 aliphatic heterocycles. The molecule has 1 nitrogen and oxygen atoms in total. The van der Waals surface area contributed by atoms with E-state index in [9.17, 15) is 17.6 Å². The van der Waals surface area contributed by atoms with E-state index in [1.807, 2.05) is 0 Å². The molecule has 0 bridgehead atoms. The Labute approximate surface area is 119 Å². The van der Waals surface area contributed by atoms with Crippen molar-refractivity contribution in [1.29, 1.82) is 0 Å². The van der Waals surface area contributed by atoms with Gasteiger partial charge in [-0.25, -0.2) is 4.39 Å². The molecule has 0 aliphatic rings. The fraction of sp³-hybridized carbons (Fsp3) is 0.455. The van der Waals surface area contributed by atoms with Gasteiger partial charge in [0.2, 0.25) is 0 Å². The standard InChI is InChI=1S/C11H10Br2F4O/c1-18-10-5-9(14)8(13)4-6(10)7(12)2-3-11(15,16)17/h4-5,7H,2-3H2,1H3. The summed E-state index contributed by atoms with van der Waals surface area (Å²) in [6, 6.07) is 2.56. The van der Waals surface area contributed by atoms with Gasteiger partial charge in [0, 0.05) is 22.9 Å². The zero-order valence-corrected chi connectivity index (χ0v) is 12.5. The van der Waals surface area contributed by atoms with Gasteiger partial charge in [-0.3, -0.25) is 0 Å². The van der Waals surface area contributed by atoms with Crippen molar-refractivity contribution in [2.75, 3.05) is 7.11 Å². The molecule has 102 valence electrons. The first kappa shape index (κ1) is 15.8. The third kappa shape index (κ3) is 4.42. The number of hydrogen-bond acceptors (Lipinski definition) is 1. The summed E-state index contributed by atoms with van der Waals surface area (Å²) in [5.41, 5.74) is 0.482.